The van der Waals surface area contributed by atoms with Gasteiger partial charge in [-0.15, -0.1) is 0 Å². The molecule has 0 unspecified atom stereocenters. The maximum Gasteiger partial charge on any atom is 0.410 e. The van der Waals surface area contributed by atoms with Gasteiger partial charge in [-0.1, -0.05) is 30.3 Å². The zero-order valence-corrected chi connectivity index (χ0v) is 13.8. The van der Waals surface area contributed by atoms with Crippen LogP contribution in [0.15, 0.2) is 30.3 Å². The van der Waals surface area contributed by atoms with Crippen LogP contribution in [0.25, 0.3) is 0 Å². The molecule has 2 fully saturated rings. The second kappa shape index (κ2) is 7.77. The van der Waals surface area contributed by atoms with Crippen molar-refractivity contribution in [1.29, 1.82) is 0 Å². The van der Waals surface area contributed by atoms with Crippen LogP contribution in [0.2, 0.25) is 0 Å². The molecule has 0 N–H and O–H groups in total. The van der Waals surface area contributed by atoms with Crippen molar-refractivity contribution in [1.82, 2.24) is 14.7 Å². The minimum absolute atomic E-state index is 0.0132. The van der Waals surface area contributed by atoms with Crippen LogP contribution >= 0.6 is 0 Å². The first-order valence-corrected chi connectivity index (χ1v) is 8.28. The van der Waals surface area contributed by atoms with Crippen LogP contribution in [0.5, 0.6) is 0 Å². The lowest BCUT2D eigenvalue weighted by Crippen LogP contribution is -2.66. The van der Waals surface area contributed by atoms with E-state index in [0.717, 1.165) is 5.56 Å². The van der Waals surface area contributed by atoms with Crippen LogP contribution in [0.4, 0.5) is 13.6 Å². The van der Waals surface area contributed by atoms with E-state index in [2.05, 4.69) is 0 Å². The van der Waals surface area contributed by atoms with E-state index >= 15 is 0 Å². The topological polar surface area (TPSA) is 53.1 Å². The molecule has 2 amide bonds. The van der Waals surface area contributed by atoms with Crippen molar-refractivity contribution in [3.63, 3.8) is 0 Å². The highest BCUT2D eigenvalue weighted by Gasteiger charge is 2.39. The van der Waals surface area contributed by atoms with Gasteiger partial charge in [0.2, 0.25) is 5.91 Å². The lowest BCUT2D eigenvalue weighted by Gasteiger charge is -2.47. The van der Waals surface area contributed by atoms with Gasteiger partial charge in [0.05, 0.1) is 19.1 Å². The molecular formula is C17H21F2N3O3. The molecule has 136 valence electrons. The van der Waals surface area contributed by atoms with Crippen LogP contribution in [0.3, 0.4) is 0 Å². The summed E-state index contributed by atoms with van der Waals surface area (Å²) in [6.07, 6.45) is -2.83. The summed E-state index contributed by atoms with van der Waals surface area (Å²) >= 11 is 0. The molecule has 0 aromatic heterocycles. The van der Waals surface area contributed by atoms with E-state index < -0.39 is 12.5 Å². The molecule has 2 heterocycles. The summed E-state index contributed by atoms with van der Waals surface area (Å²) in [4.78, 5) is 28.8. The standard InChI is InChI=1S/C17H21F2N3O3/c18-15(19)10-20-6-7-22(16(23)11-20)14-8-21(9-14)17(24)25-12-13-4-2-1-3-5-13/h1-5,14-15H,6-12H2. The smallest absolute Gasteiger partial charge is 0.410 e. The Bertz CT molecular complexity index is 608. The van der Waals surface area contributed by atoms with E-state index in [4.69, 9.17) is 4.74 Å². The molecule has 2 aliphatic rings. The first kappa shape index (κ1) is 17.6. The number of likely N-dealkylation sites (tertiary alicyclic amines) is 1. The summed E-state index contributed by atoms with van der Waals surface area (Å²) in [6.45, 7) is 1.56. The Hall–Kier alpha value is -2.22. The van der Waals surface area contributed by atoms with Gasteiger partial charge in [-0.3, -0.25) is 9.69 Å². The number of hydrogen-bond donors (Lipinski definition) is 0. The van der Waals surface area contributed by atoms with Crippen molar-refractivity contribution in [3.05, 3.63) is 35.9 Å². The van der Waals surface area contributed by atoms with Crippen molar-refractivity contribution in [2.75, 3.05) is 39.3 Å². The normalized spacial score (nSPS) is 19.2. The molecule has 1 aromatic rings. The molecule has 25 heavy (non-hydrogen) atoms. The second-order valence-corrected chi connectivity index (χ2v) is 6.31. The Labute approximate surface area is 144 Å². The van der Waals surface area contributed by atoms with Gasteiger partial charge in [-0.2, -0.15) is 0 Å². The molecule has 3 rings (SSSR count). The molecule has 2 saturated heterocycles. The van der Waals surface area contributed by atoms with Crippen LogP contribution in [0, 0.1) is 0 Å². The van der Waals surface area contributed by atoms with E-state index in [-0.39, 0.29) is 31.6 Å². The molecule has 8 heteroatoms. The van der Waals surface area contributed by atoms with E-state index in [9.17, 15) is 18.4 Å². The van der Waals surface area contributed by atoms with E-state index in [1.165, 1.54) is 4.90 Å². The fraction of sp³-hybridized carbons (Fsp3) is 0.529. The summed E-state index contributed by atoms with van der Waals surface area (Å²) in [5, 5.41) is 0. The van der Waals surface area contributed by atoms with Gasteiger partial charge in [0.25, 0.3) is 6.43 Å². The quantitative estimate of drug-likeness (QED) is 0.803. The first-order valence-electron chi connectivity index (χ1n) is 8.28. The highest BCUT2D eigenvalue weighted by molar-refractivity contribution is 5.80. The van der Waals surface area contributed by atoms with E-state index in [1.54, 1.807) is 9.80 Å². The molecule has 0 radical (unpaired) electrons. The number of halogens is 2. The number of hydrogen-bond acceptors (Lipinski definition) is 4. The van der Waals surface area contributed by atoms with Crippen molar-refractivity contribution < 1.29 is 23.1 Å². The third kappa shape index (κ3) is 4.45. The highest BCUT2D eigenvalue weighted by Crippen LogP contribution is 2.19. The third-order valence-corrected chi connectivity index (χ3v) is 4.50. The van der Waals surface area contributed by atoms with Gasteiger partial charge in [-0.05, 0) is 5.56 Å². The third-order valence-electron chi connectivity index (χ3n) is 4.50. The Morgan fingerprint density at radius 2 is 1.92 bits per heavy atom. The van der Waals surface area contributed by atoms with Crippen molar-refractivity contribution in [3.8, 4) is 0 Å². The second-order valence-electron chi connectivity index (χ2n) is 6.31. The summed E-state index contributed by atoms with van der Waals surface area (Å²) in [5.74, 6) is -0.158. The van der Waals surface area contributed by atoms with Gasteiger partial charge < -0.3 is 14.5 Å². The fourth-order valence-electron chi connectivity index (χ4n) is 3.08. The fourth-order valence-corrected chi connectivity index (χ4v) is 3.08. The van der Waals surface area contributed by atoms with Crippen molar-refractivity contribution in [2.24, 2.45) is 0 Å². The predicted molar refractivity (Wildman–Crippen MR) is 86.1 cm³/mol. The minimum atomic E-state index is -2.43. The molecule has 0 bridgehead atoms. The van der Waals surface area contributed by atoms with Crippen LogP contribution in [0.1, 0.15) is 5.56 Å². The Balaban J connectivity index is 1.40. The monoisotopic (exact) mass is 353 g/mol. The SMILES string of the molecule is O=C(OCc1ccccc1)N1CC(N2CCN(CC(F)F)CC2=O)C1. The molecule has 6 nitrogen and oxygen atoms in total. The average molecular weight is 353 g/mol. The number of rotatable bonds is 5. The maximum absolute atomic E-state index is 12.4. The summed E-state index contributed by atoms with van der Waals surface area (Å²) in [7, 11) is 0. The molecule has 1 aromatic carbocycles. The van der Waals surface area contributed by atoms with Gasteiger partial charge >= 0.3 is 6.09 Å². The number of amides is 2. The zero-order chi connectivity index (χ0) is 17.8. The number of ether oxygens (including phenoxy) is 1. The number of carbonyl (C=O) groups excluding carboxylic acids is 2. The summed E-state index contributed by atoms with van der Waals surface area (Å²) in [5.41, 5.74) is 0.915. The number of piperazine rings is 1. The van der Waals surface area contributed by atoms with Gasteiger partial charge in [0.1, 0.15) is 6.61 Å². The van der Waals surface area contributed by atoms with E-state index in [0.29, 0.717) is 26.2 Å². The lowest BCUT2D eigenvalue weighted by molar-refractivity contribution is -0.143. The molecule has 0 saturated carbocycles. The highest BCUT2D eigenvalue weighted by atomic mass is 19.3. The molecular weight excluding hydrogens is 332 g/mol. The van der Waals surface area contributed by atoms with Gasteiger partial charge in [-0.25, -0.2) is 13.6 Å². The summed E-state index contributed by atoms with van der Waals surface area (Å²) in [6, 6.07) is 9.35. The Morgan fingerprint density at radius 3 is 2.56 bits per heavy atom. The van der Waals surface area contributed by atoms with Gasteiger partial charge in [0.15, 0.2) is 0 Å². The minimum Gasteiger partial charge on any atom is -0.445 e. The number of carbonyl (C=O) groups is 2. The van der Waals surface area contributed by atoms with Crippen LogP contribution in [-0.4, -0.2) is 78.4 Å². The van der Waals surface area contributed by atoms with Gasteiger partial charge in [0, 0.05) is 26.2 Å². The van der Waals surface area contributed by atoms with E-state index in [1.807, 2.05) is 30.3 Å². The number of benzene rings is 1. The zero-order valence-electron chi connectivity index (χ0n) is 13.8. The molecule has 0 aliphatic carbocycles. The molecule has 2 aliphatic heterocycles. The molecule has 0 atom stereocenters. The summed E-state index contributed by atoms with van der Waals surface area (Å²) < 4.78 is 30.0. The lowest BCUT2D eigenvalue weighted by atomic mass is 10.1. The Kier molecular flexibility index (Phi) is 5.47. The first-order chi connectivity index (χ1) is 12.0. The van der Waals surface area contributed by atoms with Crippen molar-refractivity contribution >= 4 is 12.0 Å². The molecule has 0 spiro atoms. The largest absolute Gasteiger partial charge is 0.445 e. The van der Waals surface area contributed by atoms with Crippen molar-refractivity contribution in [2.45, 2.75) is 19.1 Å². The van der Waals surface area contributed by atoms with Crippen LogP contribution < -0.4 is 0 Å². The number of alkyl halides is 2. The van der Waals surface area contributed by atoms with Crippen LogP contribution in [-0.2, 0) is 16.1 Å². The average Bonchev–Trinajstić information content (AvgIpc) is 2.54. The predicted octanol–water partition coefficient (Wildman–Crippen LogP) is 1.42. The maximum atomic E-state index is 12.4. The Morgan fingerprint density at radius 1 is 1.20 bits per heavy atom. The number of nitrogens with zero attached hydrogens (tertiary/aromatic N) is 3.